The first-order valence-corrected chi connectivity index (χ1v) is 8.76. The van der Waals surface area contributed by atoms with E-state index in [4.69, 9.17) is 0 Å². The van der Waals surface area contributed by atoms with E-state index in [2.05, 4.69) is 10.3 Å². The van der Waals surface area contributed by atoms with Gasteiger partial charge in [-0.2, -0.15) is 13.2 Å². The summed E-state index contributed by atoms with van der Waals surface area (Å²) in [6.45, 7) is 1.85. The fraction of sp³-hybridized carbons (Fsp3) is 0.136. The summed E-state index contributed by atoms with van der Waals surface area (Å²) in [5, 5.41) is 2.34. The molecule has 4 nitrogen and oxygen atoms in total. The van der Waals surface area contributed by atoms with Gasteiger partial charge in [0.1, 0.15) is 0 Å². The van der Waals surface area contributed by atoms with Gasteiger partial charge >= 0.3 is 6.18 Å². The van der Waals surface area contributed by atoms with Crippen molar-refractivity contribution in [2.24, 2.45) is 0 Å². The molecule has 1 heterocycles. The zero-order valence-electron chi connectivity index (χ0n) is 15.5. The average Bonchev–Trinajstić information content (AvgIpc) is 2.68. The van der Waals surface area contributed by atoms with Gasteiger partial charge in [-0.1, -0.05) is 30.3 Å². The van der Waals surface area contributed by atoms with E-state index >= 15 is 0 Å². The number of aryl methyl sites for hydroxylation is 1. The molecule has 1 amide bonds. The number of hydrogen-bond donors (Lipinski definition) is 1. The van der Waals surface area contributed by atoms with Crippen LogP contribution in [0, 0.1) is 6.92 Å². The maximum Gasteiger partial charge on any atom is 0.416 e. The minimum atomic E-state index is -4.51. The Morgan fingerprint density at radius 3 is 2.48 bits per heavy atom. The van der Waals surface area contributed by atoms with Crippen LogP contribution in [-0.4, -0.2) is 16.7 Å². The number of rotatable bonds is 5. The van der Waals surface area contributed by atoms with Gasteiger partial charge in [0.2, 0.25) is 5.91 Å². The van der Waals surface area contributed by atoms with Crippen LogP contribution in [0.3, 0.4) is 0 Å². The van der Waals surface area contributed by atoms with Crippen LogP contribution in [0.1, 0.15) is 28.0 Å². The van der Waals surface area contributed by atoms with Crippen molar-refractivity contribution >= 4 is 17.4 Å². The molecule has 0 saturated carbocycles. The largest absolute Gasteiger partial charge is 0.416 e. The molecule has 0 spiro atoms. The predicted octanol–water partition coefficient (Wildman–Crippen LogP) is 5.29. The Hall–Kier alpha value is -3.48. The number of carbonyl (C=O) groups is 2. The summed E-state index contributed by atoms with van der Waals surface area (Å²) in [7, 11) is 0. The molecule has 7 heteroatoms. The standard InChI is InChI=1S/C22H17F3N2O2/c1-14-19(9-4-10-26-14)15-5-2-6-16(11-15)20(28)13-21(29)27-18-8-3-7-17(12-18)22(23,24)25/h2-12H,13H2,1H3,(H,27,29). The Kier molecular flexibility index (Phi) is 5.77. The number of halogens is 3. The van der Waals surface area contributed by atoms with E-state index in [0.717, 1.165) is 29.0 Å². The predicted molar refractivity (Wildman–Crippen MR) is 103 cm³/mol. The number of alkyl halides is 3. The smallest absolute Gasteiger partial charge is 0.326 e. The lowest BCUT2D eigenvalue weighted by molar-refractivity contribution is -0.137. The molecule has 148 valence electrons. The molecule has 0 aliphatic heterocycles. The van der Waals surface area contributed by atoms with Crippen LogP contribution in [0.15, 0.2) is 66.9 Å². The summed E-state index contributed by atoms with van der Waals surface area (Å²) in [4.78, 5) is 28.8. The Morgan fingerprint density at radius 2 is 1.76 bits per heavy atom. The molecule has 1 aromatic heterocycles. The van der Waals surface area contributed by atoms with Crippen molar-refractivity contribution in [3.63, 3.8) is 0 Å². The van der Waals surface area contributed by atoms with Crippen molar-refractivity contribution in [3.05, 3.63) is 83.7 Å². The Balaban J connectivity index is 1.72. The molecule has 3 aromatic rings. The number of hydrogen-bond acceptors (Lipinski definition) is 3. The second-order valence-corrected chi connectivity index (χ2v) is 6.44. The molecule has 0 fully saturated rings. The minimum absolute atomic E-state index is 0.0163. The molecular weight excluding hydrogens is 381 g/mol. The number of nitrogens with zero attached hydrogens (tertiary/aromatic N) is 1. The summed E-state index contributed by atoms with van der Waals surface area (Å²) >= 11 is 0. The molecule has 0 saturated heterocycles. The van der Waals surface area contributed by atoms with E-state index in [1.54, 1.807) is 30.5 Å². The lowest BCUT2D eigenvalue weighted by Gasteiger charge is -2.10. The molecule has 2 aromatic carbocycles. The molecule has 0 radical (unpaired) electrons. The normalized spacial score (nSPS) is 11.2. The zero-order chi connectivity index (χ0) is 21.0. The second-order valence-electron chi connectivity index (χ2n) is 6.44. The molecule has 0 atom stereocenters. The van der Waals surface area contributed by atoms with E-state index in [1.165, 1.54) is 12.1 Å². The van der Waals surface area contributed by atoms with Gasteiger partial charge in [0.15, 0.2) is 5.78 Å². The van der Waals surface area contributed by atoms with E-state index in [9.17, 15) is 22.8 Å². The summed E-state index contributed by atoms with van der Waals surface area (Å²) in [5.74, 6) is -1.12. The van der Waals surface area contributed by atoms with Gasteiger partial charge in [-0.15, -0.1) is 0 Å². The van der Waals surface area contributed by atoms with Gasteiger partial charge in [-0.25, -0.2) is 0 Å². The number of amides is 1. The highest BCUT2D eigenvalue weighted by molar-refractivity contribution is 6.11. The molecule has 0 aliphatic rings. The molecular formula is C22H17F3N2O2. The first kappa shape index (κ1) is 20.3. The summed E-state index contributed by atoms with van der Waals surface area (Å²) in [5.41, 5.74) is 1.91. The third-order valence-electron chi connectivity index (χ3n) is 4.30. The van der Waals surface area contributed by atoms with E-state index in [0.29, 0.717) is 5.56 Å². The molecule has 3 rings (SSSR count). The van der Waals surface area contributed by atoms with Gasteiger partial charge in [0.05, 0.1) is 12.0 Å². The van der Waals surface area contributed by atoms with Crippen molar-refractivity contribution < 1.29 is 22.8 Å². The molecule has 1 N–H and O–H groups in total. The Bertz CT molecular complexity index is 1060. The highest BCUT2D eigenvalue weighted by Gasteiger charge is 2.30. The number of Topliss-reactive ketones (excluding diaryl/α,β-unsaturated/α-hetero) is 1. The quantitative estimate of drug-likeness (QED) is 0.469. The van der Waals surface area contributed by atoms with Gasteiger partial charge in [-0.3, -0.25) is 14.6 Å². The first-order valence-electron chi connectivity index (χ1n) is 8.76. The fourth-order valence-electron chi connectivity index (χ4n) is 2.88. The van der Waals surface area contributed by atoms with Crippen LogP contribution in [0.5, 0.6) is 0 Å². The number of benzene rings is 2. The number of anilines is 1. The fourth-order valence-corrected chi connectivity index (χ4v) is 2.88. The van der Waals surface area contributed by atoms with Crippen LogP contribution >= 0.6 is 0 Å². The number of nitrogens with one attached hydrogen (secondary N) is 1. The minimum Gasteiger partial charge on any atom is -0.326 e. The van der Waals surface area contributed by atoms with Gasteiger partial charge < -0.3 is 5.32 Å². The zero-order valence-corrected chi connectivity index (χ0v) is 15.5. The first-order chi connectivity index (χ1) is 13.7. The van der Waals surface area contributed by atoms with Crippen LogP contribution < -0.4 is 5.32 Å². The Labute approximate surface area is 165 Å². The van der Waals surface area contributed by atoms with Crippen LogP contribution in [0.25, 0.3) is 11.1 Å². The average molecular weight is 398 g/mol. The SMILES string of the molecule is Cc1ncccc1-c1cccc(C(=O)CC(=O)Nc2cccc(C(F)(F)F)c2)c1. The van der Waals surface area contributed by atoms with Crippen molar-refractivity contribution in [1.82, 2.24) is 4.98 Å². The van der Waals surface area contributed by atoms with Crippen LogP contribution in [0.2, 0.25) is 0 Å². The number of ketones is 1. The second kappa shape index (κ2) is 8.26. The van der Waals surface area contributed by atoms with Crippen molar-refractivity contribution in [3.8, 4) is 11.1 Å². The lowest BCUT2D eigenvalue weighted by Crippen LogP contribution is -2.17. The monoisotopic (exact) mass is 398 g/mol. The van der Waals surface area contributed by atoms with E-state index in [-0.39, 0.29) is 5.69 Å². The third kappa shape index (κ3) is 5.07. The summed E-state index contributed by atoms with van der Waals surface area (Å²) in [6, 6.07) is 14.7. The summed E-state index contributed by atoms with van der Waals surface area (Å²) in [6.07, 6.45) is -3.32. The lowest BCUT2D eigenvalue weighted by atomic mass is 9.99. The van der Waals surface area contributed by atoms with E-state index in [1.807, 2.05) is 19.1 Å². The van der Waals surface area contributed by atoms with Gasteiger partial charge in [0, 0.05) is 28.7 Å². The topological polar surface area (TPSA) is 59.1 Å². The molecule has 0 bridgehead atoms. The maximum absolute atomic E-state index is 12.8. The van der Waals surface area contributed by atoms with Crippen molar-refractivity contribution in [2.75, 3.05) is 5.32 Å². The van der Waals surface area contributed by atoms with Crippen LogP contribution in [-0.2, 0) is 11.0 Å². The molecule has 29 heavy (non-hydrogen) atoms. The highest BCUT2D eigenvalue weighted by atomic mass is 19.4. The molecule has 0 aliphatic carbocycles. The third-order valence-corrected chi connectivity index (χ3v) is 4.30. The molecule has 0 unspecified atom stereocenters. The Morgan fingerprint density at radius 1 is 1.00 bits per heavy atom. The van der Waals surface area contributed by atoms with Gasteiger partial charge in [-0.05, 0) is 42.8 Å². The number of aromatic nitrogens is 1. The van der Waals surface area contributed by atoms with Crippen molar-refractivity contribution in [1.29, 1.82) is 0 Å². The number of pyridine rings is 1. The summed E-state index contributed by atoms with van der Waals surface area (Å²) < 4.78 is 38.3. The number of carbonyl (C=O) groups excluding carboxylic acids is 2. The maximum atomic E-state index is 12.8. The van der Waals surface area contributed by atoms with Crippen LogP contribution in [0.4, 0.5) is 18.9 Å². The van der Waals surface area contributed by atoms with Crippen molar-refractivity contribution in [2.45, 2.75) is 19.5 Å². The van der Waals surface area contributed by atoms with E-state index < -0.39 is 29.9 Å². The van der Waals surface area contributed by atoms with Gasteiger partial charge in [0.25, 0.3) is 0 Å². The highest BCUT2D eigenvalue weighted by Crippen LogP contribution is 2.30.